The summed E-state index contributed by atoms with van der Waals surface area (Å²) in [6.07, 6.45) is 1.09. The van der Waals surface area contributed by atoms with Crippen molar-refractivity contribution in [2.45, 2.75) is 32.0 Å². The van der Waals surface area contributed by atoms with Gasteiger partial charge >= 0.3 is 0 Å². The second kappa shape index (κ2) is 7.48. The Bertz CT molecular complexity index is 378. The van der Waals surface area contributed by atoms with Gasteiger partial charge in [0.05, 0.1) is 20.3 Å². The lowest BCUT2D eigenvalue weighted by Crippen LogP contribution is -2.44. The molecule has 19 heavy (non-hydrogen) atoms. The molecule has 0 aromatic heterocycles. The predicted octanol–water partition coefficient (Wildman–Crippen LogP) is 1.55. The van der Waals surface area contributed by atoms with Crippen LogP contribution >= 0.6 is 0 Å². The molecule has 4 heteroatoms. The van der Waals surface area contributed by atoms with Crippen LogP contribution in [0.2, 0.25) is 0 Å². The molecule has 0 bridgehead atoms. The highest BCUT2D eigenvalue weighted by Gasteiger charge is 2.15. The van der Waals surface area contributed by atoms with Crippen molar-refractivity contribution in [3.05, 3.63) is 29.8 Å². The van der Waals surface area contributed by atoms with Gasteiger partial charge < -0.3 is 20.1 Å². The summed E-state index contributed by atoms with van der Waals surface area (Å²) < 4.78 is 10.7. The monoisotopic (exact) mass is 264 g/mol. The van der Waals surface area contributed by atoms with Crippen molar-refractivity contribution in [1.29, 1.82) is 0 Å². The highest BCUT2D eigenvalue weighted by Crippen LogP contribution is 2.12. The first-order valence-corrected chi connectivity index (χ1v) is 6.95. The summed E-state index contributed by atoms with van der Waals surface area (Å²) in [7, 11) is 1.70. The van der Waals surface area contributed by atoms with Gasteiger partial charge in [-0.1, -0.05) is 12.1 Å². The highest BCUT2D eigenvalue weighted by molar-refractivity contribution is 5.28. The van der Waals surface area contributed by atoms with Crippen LogP contribution in [0.4, 0.5) is 0 Å². The highest BCUT2D eigenvalue weighted by atomic mass is 16.5. The molecule has 2 N–H and O–H groups in total. The van der Waals surface area contributed by atoms with E-state index in [2.05, 4.69) is 29.7 Å². The molecule has 106 valence electrons. The van der Waals surface area contributed by atoms with Crippen LogP contribution in [-0.2, 0) is 11.3 Å². The lowest BCUT2D eigenvalue weighted by atomic mass is 10.1. The fraction of sp³-hybridized carbons (Fsp3) is 0.600. The largest absolute Gasteiger partial charge is 0.497 e. The van der Waals surface area contributed by atoms with Crippen LogP contribution in [0.25, 0.3) is 0 Å². The zero-order chi connectivity index (χ0) is 13.5. The van der Waals surface area contributed by atoms with Gasteiger partial charge in [-0.15, -0.1) is 0 Å². The van der Waals surface area contributed by atoms with Gasteiger partial charge in [0.1, 0.15) is 5.75 Å². The molecule has 2 rings (SSSR count). The number of hydrogen-bond acceptors (Lipinski definition) is 4. The van der Waals surface area contributed by atoms with Crippen molar-refractivity contribution in [3.63, 3.8) is 0 Å². The second-order valence-corrected chi connectivity index (χ2v) is 5.10. The van der Waals surface area contributed by atoms with Gasteiger partial charge in [0, 0.05) is 25.2 Å². The molecule has 2 unspecified atom stereocenters. The van der Waals surface area contributed by atoms with Gasteiger partial charge in [-0.05, 0) is 31.0 Å². The van der Waals surface area contributed by atoms with E-state index in [1.54, 1.807) is 7.11 Å². The minimum atomic E-state index is 0.463. The molecule has 1 aromatic rings. The van der Waals surface area contributed by atoms with Crippen LogP contribution in [0, 0.1) is 0 Å². The Kier molecular flexibility index (Phi) is 5.63. The van der Waals surface area contributed by atoms with Gasteiger partial charge in [-0.25, -0.2) is 0 Å². The van der Waals surface area contributed by atoms with Gasteiger partial charge in [0.25, 0.3) is 0 Å². The maximum Gasteiger partial charge on any atom is 0.119 e. The number of morpholine rings is 1. The maximum atomic E-state index is 5.47. The Hall–Kier alpha value is -1.10. The average Bonchev–Trinajstić information content (AvgIpc) is 2.46. The summed E-state index contributed by atoms with van der Waals surface area (Å²) in [4.78, 5) is 0. The van der Waals surface area contributed by atoms with E-state index in [1.165, 1.54) is 5.56 Å². The van der Waals surface area contributed by atoms with Crippen molar-refractivity contribution in [2.75, 3.05) is 26.9 Å². The standard InChI is InChI=1S/C15H24N2O2/c1-12(8-14-11-19-7-6-16-14)17-10-13-4-3-5-15(9-13)18-2/h3-5,9,12,14,16-17H,6-8,10-11H2,1-2H3. The molecule has 1 aromatic carbocycles. The summed E-state index contributed by atoms with van der Waals surface area (Å²) in [5.41, 5.74) is 1.25. The average molecular weight is 264 g/mol. The first-order valence-electron chi connectivity index (χ1n) is 6.95. The van der Waals surface area contributed by atoms with Gasteiger partial charge in [-0.2, -0.15) is 0 Å². The summed E-state index contributed by atoms with van der Waals surface area (Å²) >= 11 is 0. The summed E-state index contributed by atoms with van der Waals surface area (Å²) in [6.45, 7) is 5.71. The normalized spacial score (nSPS) is 21.1. The lowest BCUT2D eigenvalue weighted by Gasteiger charge is -2.26. The van der Waals surface area contributed by atoms with Crippen molar-refractivity contribution in [1.82, 2.24) is 10.6 Å². The van der Waals surface area contributed by atoms with Crippen LogP contribution < -0.4 is 15.4 Å². The number of ether oxygens (including phenoxy) is 2. The molecular weight excluding hydrogens is 240 g/mol. The maximum absolute atomic E-state index is 5.47. The van der Waals surface area contributed by atoms with E-state index in [9.17, 15) is 0 Å². The lowest BCUT2D eigenvalue weighted by molar-refractivity contribution is 0.0712. The molecule has 4 nitrogen and oxygen atoms in total. The molecule has 1 saturated heterocycles. The third-order valence-corrected chi connectivity index (χ3v) is 3.43. The number of hydrogen-bond donors (Lipinski definition) is 2. The summed E-state index contributed by atoms with van der Waals surface area (Å²) in [6, 6.07) is 9.12. The van der Waals surface area contributed by atoms with Gasteiger partial charge in [0.2, 0.25) is 0 Å². The Morgan fingerprint density at radius 1 is 1.53 bits per heavy atom. The predicted molar refractivity (Wildman–Crippen MR) is 76.5 cm³/mol. The van der Waals surface area contributed by atoms with Gasteiger partial charge in [-0.3, -0.25) is 0 Å². The van der Waals surface area contributed by atoms with E-state index in [-0.39, 0.29) is 0 Å². The molecule has 0 radical (unpaired) electrons. The van der Waals surface area contributed by atoms with Crippen LogP contribution in [0.3, 0.4) is 0 Å². The number of rotatable bonds is 6. The van der Waals surface area contributed by atoms with Crippen LogP contribution in [0.15, 0.2) is 24.3 Å². The van der Waals surface area contributed by atoms with Crippen LogP contribution in [-0.4, -0.2) is 39.0 Å². The summed E-state index contributed by atoms with van der Waals surface area (Å²) in [5, 5.41) is 7.03. The molecule has 2 atom stereocenters. The minimum Gasteiger partial charge on any atom is -0.497 e. The van der Waals surface area contributed by atoms with E-state index in [0.29, 0.717) is 12.1 Å². The van der Waals surface area contributed by atoms with E-state index in [4.69, 9.17) is 9.47 Å². The first kappa shape index (κ1) is 14.3. The van der Waals surface area contributed by atoms with Crippen molar-refractivity contribution < 1.29 is 9.47 Å². The molecule has 1 aliphatic rings. The van der Waals surface area contributed by atoms with Gasteiger partial charge in [0.15, 0.2) is 0 Å². The molecule has 1 heterocycles. The smallest absolute Gasteiger partial charge is 0.119 e. The molecule has 0 amide bonds. The van der Waals surface area contributed by atoms with Crippen LogP contribution in [0.1, 0.15) is 18.9 Å². The van der Waals surface area contributed by atoms with E-state index in [1.807, 2.05) is 12.1 Å². The second-order valence-electron chi connectivity index (χ2n) is 5.10. The molecule has 1 fully saturated rings. The molecular formula is C15H24N2O2. The van der Waals surface area contributed by atoms with Crippen molar-refractivity contribution >= 4 is 0 Å². The topological polar surface area (TPSA) is 42.5 Å². The van der Waals surface area contributed by atoms with E-state index >= 15 is 0 Å². The minimum absolute atomic E-state index is 0.463. The molecule has 0 saturated carbocycles. The Balaban J connectivity index is 1.74. The van der Waals surface area contributed by atoms with Crippen molar-refractivity contribution in [3.8, 4) is 5.75 Å². The zero-order valence-electron chi connectivity index (χ0n) is 11.8. The first-order chi connectivity index (χ1) is 9.28. The summed E-state index contributed by atoms with van der Waals surface area (Å²) in [5.74, 6) is 0.911. The van der Waals surface area contributed by atoms with E-state index < -0.39 is 0 Å². The van der Waals surface area contributed by atoms with Crippen molar-refractivity contribution in [2.24, 2.45) is 0 Å². The third kappa shape index (κ3) is 4.82. The quantitative estimate of drug-likeness (QED) is 0.818. The SMILES string of the molecule is COc1cccc(CNC(C)CC2COCCN2)c1. The fourth-order valence-electron chi connectivity index (χ4n) is 2.36. The number of nitrogens with one attached hydrogen (secondary N) is 2. The zero-order valence-corrected chi connectivity index (χ0v) is 11.8. The molecule has 0 spiro atoms. The van der Waals surface area contributed by atoms with E-state index in [0.717, 1.165) is 38.5 Å². The fourth-order valence-corrected chi connectivity index (χ4v) is 2.36. The van der Waals surface area contributed by atoms with Crippen LogP contribution in [0.5, 0.6) is 5.75 Å². The Morgan fingerprint density at radius 2 is 2.42 bits per heavy atom. The number of methoxy groups -OCH3 is 1. The molecule has 0 aliphatic carbocycles. The Labute approximate surface area is 115 Å². The third-order valence-electron chi connectivity index (χ3n) is 3.43. The molecule has 1 aliphatic heterocycles. The Morgan fingerprint density at radius 3 is 3.16 bits per heavy atom. The number of benzene rings is 1.